The topological polar surface area (TPSA) is 50.2 Å². The molecule has 1 aliphatic carbocycles. The number of nitrogens with zero attached hydrogens (tertiary/aromatic N) is 3. The number of benzene rings is 1. The number of rotatable bonds is 7. The average molecular weight is 401 g/mol. The van der Waals surface area contributed by atoms with Crippen LogP contribution >= 0.6 is 11.6 Å². The van der Waals surface area contributed by atoms with Crippen molar-refractivity contribution in [2.24, 2.45) is 5.92 Å². The van der Waals surface area contributed by atoms with Gasteiger partial charge in [-0.1, -0.05) is 23.7 Å². The van der Waals surface area contributed by atoms with Gasteiger partial charge in [0.15, 0.2) is 0 Å². The van der Waals surface area contributed by atoms with Crippen LogP contribution in [0.1, 0.15) is 43.7 Å². The molecule has 1 amide bonds. The highest BCUT2D eigenvalue weighted by Gasteiger charge is 2.51. The summed E-state index contributed by atoms with van der Waals surface area (Å²) >= 11 is 6.00. The van der Waals surface area contributed by atoms with Gasteiger partial charge in [-0.05, 0) is 62.8 Å². The average Bonchev–Trinajstić information content (AvgIpc) is 3.40. The van der Waals surface area contributed by atoms with Gasteiger partial charge in [-0.2, -0.15) is 5.10 Å². The van der Waals surface area contributed by atoms with Gasteiger partial charge in [0.05, 0.1) is 11.6 Å². The summed E-state index contributed by atoms with van der Waals surface area (Å²) in [6.07, 6.45) is 8.33. The number of nitrogens with one attached hydrogen (secondary N) is 1. The summed E-state index contributed by atoms with van der Waals surface area (Å²) in [4.78, 5) is 15.4. The van der Waals surface area contributed by atoms with E-state index in [2.05, 4.69) is 28.4 Å². The van der Waals surface area contributed by atoms with Crippen LogP contribution in [0.3, 0.4) is 0 Å². The monoisotopic (exact) mass is 400 g/mol. The molecule has 150 valence electrons. The molecule has 2 aliphatic rings. The lowest BCUT2D eigenvalue weighted by Gasteiger charge is -2.32. The highest BCUT2D eigenvalue weighted by molar-refractivity contribution is 6.30. The molecule has 1 aromatic carbocycles. The van der Waals surface area contributed by atoms with Gasteiger partial charge >= 0.3 is 0 Å². The first-order chi connectivity index (χ1) is 13.6. The van der Waals surface area contributed by atoms with Gasteiger partial charge < -0.3 is 5.32 Å². The maximum Gasteiger partial charge on any atom is 0.230 e. The molecule has 2 heterocycles. The molecule has 6 heteroatoms. The number of halogens is 1. The Morgan fingerprint density at radius 1 is 1.32 bits per heavy atom. The second kappa shape index (κ2) is 8.26. The second-order valence-electron chi connectivity index (χ2n) is 8.25. The van der Waals surface area contributed by atoms with Crippen LogP contribution in [0.25, 0.3) is 0 Å². The van der Waals surface area contributed by atoms with E-state index in [9.17, 15) is 4.79 Å². The number of aromatic nitrogens is 2. The molecular weight excluding hydrogens is 372 g/mol. The van der Waals surface area contributed by atoms with Crippen LogP contribution in [-0.2, 0) is 23.3 Å². The standard InChI is InChI=1S/C22H29ClN4O/c1-2-27-16-18(13-25-27)15-26-11-3-4-17(14-26)12-24-21(28)22(9-10-22)19-5-7-20(23)8-6-19/h5-8,13,16-17H,2-4,9-12,14-15H2,1H3,(H,24,28)/t17-/m1/s1. The summed E-state index contributed by atoms with van der Waals surface area (Å²) in [5.74, 6) is 0.691. The van der Waals surface area contributed by atoms with Crippen LogP contribution in [0, 0.1) is 5.92 Å². The smallest absolute Gasteiger partial charge is 0.230 e. The summed E-state index contributed by atoms with van der Waals surface area (Å²) in [6, 6.07) is 7.75. The molecule has 1 N–H and O–H groups in total. The fourth-order valence-electron chi connectivity index (χ4n) is 4.33. The molecule has 0 bridgehead atoms. The number of hydrogen-bond acceptors (Lipinski definition) is 3. The molecule has 1 atom stereocenters. The largest absolute Gasteiger partial charge is 0.355 e. The number of piperidine rings is 1. The fourth-order valence-corrected chi connectivity index (χ4v) is 4.45. The molecular formula is C22H29ClN4O. The van der Waals surface area contributed by atoms with Crippen molar-refractivity contribution in [3.05, 3.63) is 52.8 Å². The third-order valence-corrected chi connectivity index (χ3v) is 6.40. The minimum absolute atomic E-state index is 0.177. The number of hydrogen-bond donors (Lipinski definition) is 1. The van der Waals surface area contributed by atoms with Crippen LogP contribution < -0.4 is 5.32 Å². The van der Waals surface area contributed by atoms with E-state index in [0.29, 0.717) is 10.9 Å². The summed E-state index contributed by atoms with van der Waals surface area (Å²) in [6.45, 7) is 6.87. The van der Waals surface area contributed by atoms with Gasteiger partial charge in [0.2, 0.25) is 5.91 Å². The Hall–Kier alpha value is -1.85. The zero-order chi connectivity index (χ0) is 19.6. The van der Waals surface area contributed by atoms with Crippen molar-refractivity contribution in [1.29, 1.82) is 0 Å². The first-order valence-electron chi connectivity index (χ1n) is 10.4. The normalized spacial score (nSPS) is 21.4. The number of amides is 1. The molecule has 2 fully saturated rings. The van der Waals surface area contributed by atoms with E-state index in [0.717, 1.165) is 51.1 Å². The molecule has 0 unspecified atom stereocenters. The van der Waals surface area contributed by atoms with Gasteiger partial charge in [-0.25, -0.2) is 0 Å². The number of likely N-dealkylation sites (tertiary alicyclic amines) is 1. The summed E-state index contributed by atoms with van der Waals surface area (Å²) < 4.78 is 1.98. The Balaban J connectivity index is 1.29. The first kappa shape index (κ1) is 19.5. The quantitative estimate of drug-likeness (QED) is 0.772. The SMILES string of the molecule is CCn1cc(CN2CCC[C@H](CNC(=O)C3(c4ccc(Cl)cc4)CC3)C2)cn1. The predicted molar refractivity (Wildman–Crippen MR) is 111 cm³/mol. The van der Waals surface area contributed by atoms with Crippen LogP contribution in [0.4, 0.5) is 0 Å². The zero-order valence-corrected chi connectivity index (χ0v) is 17.3. The van der Waals surface area contributed by atoms with Gasteiger partial charge in [0.1, 0.15) is 0 Å². The number of aryl methyl sites for hydroxylation is 1. The molecule has 1 saturated heterocycles. The highest BCUT2D eigenvalue weighted by atomic mass is 35.5. The summed E-state index contributed by atoms with van der Waals surface area (Å²) in [5.41, 5.74) is 2.03. The predicted octanol–water partition coefficient (Wildman–Crippen LogP) is 3.62. The summed E-state index contributed by atoms with van der Waals surface area (Å²) in [7, 11) is 0. The Bertz CT molecular complexity index is 812. The zero-order valence-electron chi connectivity index (χ0n) is 16.5. The van der Waals surface area contributed by atoms with Crippen LogP contribution in [0.15, 0.2) is 36.7 Å². The van der Waals surface area contributed by atoms with E-state index in [-0.39, 0.29) is 11.3 Å². The number of carbonyl (C=O) groups excluding carboxylic acids is 1. The second-order valence-corrected chi connectivity index (χ2v) is 8.68. The molecule has 4 rings (SSSR count). The van der Waals surface area contributed by atoms with Gasteiger partial charge in [0, 0.05) is 43.0 Å². The van der Waals surface area contributed by atoms with Crippen molar-refractivity contribution in [1.82, 2.24) is 20.0 Å². The van der Waals surface area contributed by atoms with Crippen LogP contribution in [-0.4, -0.2) is 40.2 Å². The van der Waals surface area contributed by atoms with Crippen LogP contribution in [0.2, 0.25) is 5.02 Å². The minimum atomic E-state index is -0.326. The maximum atomic E-state index is 12.9. The Labute approximate surface area is 172 Å². The van der Waals surface area contributed by atoms with Crippen molar-refractivity contribution in [3.8, 4) is 0 Å². The molecule has 1 aromatic heterocycles. The van der Waals surface area contributed by atoms with Crippen LogP contribution in [0.5, 0.6) is 0 Å². The van der Waals surface area contributed by atoms with E-state index < -0.39 is 0 Å². The lowest BCUT2D eigenvalue weighted by Crippen LogP contribution is -2.43. The van der Waals surface area contributed by atoms with E-state index in [1.807, 2.05) is 35.1 Å². The lowest BCUT2D eigenvalue weighted by molar-refractivity contribution is -0.123. The molecule has 1 saturated carbocycles. The van der Waals surface area contributed by atoms with Gasteiger partial charge in [-0.3, -0.25) is 14.4 Å². The van der Waals surface area contributed by atoms with E-state index in [1.165, 1.54) is 18.4 Å². The minimum Gasteiger partial charge on any atom is -0.355 e. The third-order valence-electron chi connectivity index (χ3n) is 6.15. The number of carbonyl (C=O) groups is 1. The molecule has 2 aromatic rings. The van der Waals surface area contributed by atoms with E-state index >= 15 is 0 Å². The third kappa shape index (κ3) is 4.26. The molecule has 1 aliphatic heterocycles. The highest BCUT2D eigenvalue weighted by Crippen LogP contribution is 2.48. The van der Waals surface area contributed by atoms with Crippen molar-refractivity contribution < 1.29 is 4.79 Å². The van der Waals surface area contributed by atoms with Gasteiger partial charge in [-0.15, -0.1) is 0 Å². The molecule has 5 nitrogen and oxygen atoms in total. The van der Waals surface area contributed by atoms with E-state index in [1.54, 1.807) is 0 Å². The fraction of sp³-hybridized carbons (Fsp3) is 0.545. The Morgan fingerprint density at radius 3 is 2.79 bits per heavy atom. The Kier molecular flexibility index (Phi) is 5.74. The molecule has 0 radical (unpaired) electrons. The van der Waals surface area contributed by atoms with Gasteiger partial charge in [0.25, 0.3) is 0 Å². The van der Waals surface area contributed by atoms with Crippen molar-refractivity contribution in [2.75, 3.05) is 19.6 Å². The summed E-state index contributed by atoms with van der Waals surface area (Å²) in [5, 5.41) is 8.34. The van der Waals surface area contributed by atoms with E-state index in [4.69, 9.17) is 11.6 Å². The van der Waals surface area contributed by atoms with Crippen molar-refractivity contribution >= 4 is 17.5 Å². The molecule has 28 heavy (non-hydrogen) atoms. The van der Waals surface area contributed by atoms with Crippen molar-refractivity contribution in [3.63, 3.8) is 0 Å². The first-order valence-corrected chi connectivity index (χ1v) is 10.7. The lowest BCUT2D eigenvalue weighted by atomic mass is 9.93. The molecule has 0 spiro atoms. The maximum absolute atomic E-state index is 12.9. The van der Waals surface area contributed by atoms with Crippen molar-refractivity contribution in [2.45, 2.75) is 51.1 Å². The Morgan fingerprint density at radius 2 is 2.11 bits per heavy atom.